The molecule has 0 fully saturated rings. The number of rotatable bonds is 7. The summed E-state index contributed by atoms with van der Waals surface area (Å²) in [6.45, 7) is 0.197. The maximum Gasteiger partial charge on any atom is 0.316 e. The Hall–Kier alpha value is -2.86. The molecule has 3 aromatic rings. The monoisotopic (exact) mass is 383 g/mol. The van der Waals surface area contributed by atoms with Crippen molar-refractivity contribution in [2.45, 2.75) is 6.61 Å². The first-order chi connectivity index (χ1) is 13.1. The molecule has 0 saturated heterocycles. The van der Waals surface area contributed by atoms with Gasteiger partial charge in [-0.05, 0) is 40.6 Å². The molecular formula is C21H18FNO3S. The Morgan fingerprint density at radius 3 is 2.48 bits per heavy atom. The topological polar surface area (TPSA) is 55.4 Å². The van der Waals surface area contributed by atoms with Gasteiger partial charge in [0, 0.05) is 5.69 Å². The van der Waals surface area contributed by atoms with Crippen LogP contribution in [0.2, 0.25) is 0 Å². The van der Waals surface area contributed by atoms with Gasteiger partial charge in [0.05, 0.1) is 11.5 Å². The number of ether oxygens (including phenoxy) is 1. The fraction of sp³-hybridized carbons (Fsp3) is 0.143. The van der Waals surface area contributed by atoms with Crippen molar-refractivity contribution in [3.63, 3.8) is 0 Å². The molecule has 0 aliphatic carbocycles. The van der Waals surface area contributed by atoms with E-state index < -0.39 is 0 Å². The summed E-state index contributed by atoms with van der Waals surface area (Å²) in [7, 11) is 0. The predicted molar refractivity (Wildman–Crippen MR) is 106 cm³/mol. The van der Waals surface area contributed by atoms with Crippen LogP contribution in [0.1, 0.15) is 5.56 Å². The van der Waals surface area contributed by atoms with Gasteiger partial charge in [0.2, 0.25) is 5.91 Å². The normalized spacial score (nSPS) is 10.6. The molecule has 0 spiro atoms. The first-order valence-corrected chi connectivity index (χ1v) is 9.53. The van der Waals surface area contributed by atoms with Gasteiger partial charge in [0.15, 0.2) is 0 Å². The lowest BCUT2D eigenvalue weighted by Crippen LogP contribution is -2.16. The number of nitrogens with one attached hydrogen (secondary N) is 1. The molecule has 0 bridgehead atoms. The molecule has 0 aromatic heterocycles. The maximum absolute atomic E-state index is 12.8. The number of anilines is 1. The molecule has 1 N–H and O–H groups in total. The molecule has 1 amide bonds. The summed E-state index contributed by atoms with van der Waals surface area (Å²) in [6.07, 6.45) is 0. The van der Waals surface area contributed by atoms with Crippen LogP contribution in [0.15, 0.2) is 66.7 Å². The molecule has 3 rings (SSSR count). The number of halogens is 1. The van der Waals surface area contributed by atoms with Crippen molar-refractivity contribution < 1.29 is 18.7 Å². The minimum Gasteiger partial charge on any atom is -0.460 e. The molecule has 6 heteroatoms. The highest BCUT2D eigenvalue weighted by atomic mass is 32.2. The van der Waals surface area contributed by atoms with Gasteiger partial charge in [0.25, 0.3) is 0 Å². The molecule has 0 atom stereocenters. The summed E-state index contributed by atoms with van der Waals surface area (Å²) >= 11 is 1.17. The second-order valence-corrected chi connectivity index (χ2v) is 6.83. The van der Waals surface area contributed by atoms with Crippen LogP contribution >= 0.6 is 11.8 Å². The fourth-order valence-electron chi connectivity index (χ4n) is 2.58. The number of esters is 1. The standard InChI is InChI=1S/C21H18FNO3S/c22-17-8-10-18(11-9-17)23-20(24)13-27-14-21(25)26-12-16-6-3-5-15-4-1-2-7-19(15)16/h1-11H,12-14H2,(H,23,24). The molecule has 4 nitrogen and oxygen atoms in total. The molecule has 0 unspecified atom stereocenters. The molecular weight excluding hydrogens is 365 g/mol. The summed E-state index contributed by atoms with van der Waals surface area (Å²) in [6, 6.07) is 19.3. The number of fused-ring (bicyclic) bond motifs is 1. The van der Waals surface area contributed by atoms with Crippen molar-refractivity contribution in [2.75, 3.05) is 16.8 Å². The van der Waals surface area contributed by atoms with Crippen LogP contribution in [0, 0.1) is 5.82 Å². The summed E-state index contributed by atoms with van der Waals surface area (Å²) < 4.78 is 18.1. The Bertz CT molecular complexity index is 938. The summed E-state index contributed by atoms with van der Waals surface area (Å²) in [4.78, 5) is 23.7. The van der Waals surface area contributed by atoms with Gasteiger partial charge in [-0.3, -0.25) is 9.59 Å². The second kappa shape index (κ2) is 9.19. The highest BCUT2D eigenvalue weighted by Crippen LogP contribution is 2.19. The zero-order chi connectivity index (χ0) is 19.1. The molecule has 0 heterocycles. The maximum atomic E-state index is 12.8. The van der Waals surface area contributed by atoms with Crippen LogP contribution in [0.5, 0.6) is 0 Å². The van der Waals surface area contributed by atoms with Crippen LogP contribution in [-0.4, -0.2) is 23.4 Å². The number of thioether (sulfide) groups is 1. The van der Waals surface area contributed by atoms with Crippen molar-refractivity contribution >= 4 is 40.1 Å². The van der Waals surface area contributed by atoms with E-state index in [4.69, 9.17) is 4.74 Å². The number of carbonyl (C=O) groups excluding carboxylic acids is 2. The zero-order valence-corrected chi connectivity index (χ0v) is 15.3. The van der Waals surface area contributed by atoms with Crippen molar-refractivity contribution in [2.24, 2.45) is 0 Å². The third kappa shape index (κ3) is 5.56. The van der Waals surface area contributed by atoms with Crippen molar-refractivity contribution in [1.82, 2.24) is 0 Å². The largest absolute Gasteiger partial charge is 0.460 e. The van der Waals surface area contributed by atoms with Gasteiger partial charge in [-0.25, -0.2) is 4.39 Å². The third-order valence-electron chi connectivity index (χ3n) is 3.85. The van der Waals surface area contributed by atoms with Gasteiger partial charge in [-0.1, -0.05) is 42.5 Å². The van der Waals surface area contributed by atoms with Crippen LogP contribution in [0.3, 0.4) is 0 Å². The van der Waals surface area contributed by atoms with Gasteiger partial charge < -0.3 is 10.1 Å². The number of hydrogen-bond acceptors (Lipinski definition) is 4. The Morgan fingerprint density at radius 2 is 1.67 bits per heavy atom. The van der Waals surface area contributed by atoms with Gasteiger partial charge in [0.1, 0.15) is 12.4 Å². The Kier molecular flexibility index (Phi) is 6.44. The molecule has 138 valence electrons. The lowest BCUT2D eigenvalue weighted by molar-refractivity contribution is -0.141. The highest BCUT2D eigenvalue weighted by molar-refractivity contribution is 8.00. The van der Waals surface area contributed by atoms with E-state index in [9.17, 15) is 14.0 Å². The Balaban J connectivity index is 1.42. The van der Waals surface area contributed by atoms with Crippen molar-refractivity contribution in [3.8, 4) is 0 Å². The van der Waals surface area contributed by atoms with E-state index in [0.717, 1.165) is 16.3 Å². The van der Waals surface area contributed by atoms with Gasteiger partial charge in [-0.2, -0.15) is 0 Å². The molecule has 3 aromatic carbocycles. The van der Waals surface area contributed by atoms with E-state index in [1.807, 2.05) is 42.5 Å². The summed E-state index contributed by atoms with van der Waals surface area (Å²) in [5.41, 5.74) is 1.46. The van der Waals surface area contributed by atoms with E-state index >= 15 is 0 Å². The molecule has 0 radical (unpaired) electrons. The second-order valence-electron chi connectivity index (χ2n) is 5.85. The quantitative estimate of drug-likeness (QED) is 0.615. The Morgan fingerprint density at radius 1 is 0.926 bits per heavy atom. The summed E-state index contributed by atoms with van der Waals surface area (Å²) in [5, 5.41) is 4.79. The van der Waals surface area contributed by atoms with Gasteiger partial charge in [-0.15, -0.1) is 11.8 Å². The fourth-order valence-corrected chi connectivity index (χ4v) is 3.19. The summed E-state index contributed by atoms with van der Waals surface area (Å²) in [5.74, 6) is -0.796. The number of amides is 1. The predicted octanol–water partition coefficient (Wildman–Crippen LogP) is 4.39. The van der Waals surface area contributed by atoms with Gasteiger partial charge >= 0.3 is 5.97 Å². The molecule has 0 aliphatic rings. The van der Waals surface area contributed by atoms with Crippen LogP contribution in [-0.2, 0) is 20.9 Å². The molecule has 27 heavy (non-hydrogen) atoms. The average Bonchev–Trinajstić information content (AvgIpc) is 2.68. The number of benzene rings is 3. The van der Waals surface area contributed by atoms with Crippen LogP contribution in [0.25, 0.3) is 10.8 Å². The zero-order valence-electron chi connectivity index (χ0n) is 14.5. The minimum absolute atomic E-state index is 0.0849. The van der Waals surface area contributed by atoms with E-state index in [1.54, 1.807) is 0 Å². The lowest BCUT2D eigenvalue weighted by Gasteiger charge is -2.08. The van der Waals surface area contributed by atoms with Crippen LogP contribution < -0.4 is 5.32 Å². The average molecular weight is 383 g/mol. The molecule has 0 saturated carbocycles. The highest BCUT2D eigenvalue weighted by Gasteiger charge is 2.09. The van der Waals surface area contributed by atoms with E-state index in [1.165, 1.54) is 36.0 Å². The first kappa shape index (κ1) is 18.9. The lowest BCUT2D eigenvalue weighted by atomic mass is 10.1. The van der Waals surface area contributed by atoms with Crippen molar-refractivity contribution in [1.29, 1.82) is 0 Å². The number of carbonyl (C=O) groups is 2. The van der Waals surface area contributed by atoms with E-state index in [0.29, 0.717) is 5.69 Å². The SMILES string of the molecule is O=C(CSCC(=O)OCc1cccc2ccccc12)Nc1ccc(F)cc1. The number of hydrogen-bond donors (Lipinski definition) is 1. The Labute approximate surface area is 160 Å². The minimum atomic E-state index is -0.373. The van der Waals surface area contributed by atoms with E-state index in [2.05, 4.69) is 5.32 Å². The van der Waals surface area contributed by atoms with Crippen LogP contribution in [0.4, 0.5) is 10.1 Å². The van der Waals surface area contributed by atoms with E-state index in [-0.39, 0.29) is 35.8 Å². The smallest absolute Gasteiger partial charge is 0.316 e. The third-order valence-corrected chi connectivity index (χ3v) is 4.76. The molecule has 0 aliphatic heterocycles. The van der Waals surface area contributed by atoms with Crippen molar-refractivity contribution in [3.05, 3.63) is 78.1 Å². The first-order valence-electron chi connectivity index (χ1n) is 8.37.